The summed E-state index contributed by atoms with van der Waals surface area (Å²) in [6, 6.07) is 14.3. The van der Waals surface area contributed by atoms with E-state index in [-0.39, 0.29) is 18.9 Å². The molecule has 7 nitrogen and oxygen atoms in total. The second-order valence-corrected chi connectivity index (χ2v) is 9.09. The van der Waals surface area contributed by atoms with Crippen molar-refractivity contribution in [2.24, 2.45) is 7.05 Å². The SMILES string of the molecule is C=C(c1cc2ccc(-c3nccc(Nc4ccc(-c5cn[nH]c5)c(F)c4)n3)cc2n1C)N1CC(F)(F)C1. The average molecular weight is 502 g/mol. The molecule has 0 saturated carbocycles. The summed E-state index contributed by atoms with van der Waals surface area (Å²) >= 11 is 0. The summed E-state index contributed by atoms with van der Waals surface area (Å²) in [4.78, 5) is 10.6. The van der Waals surface area contributed by atoms with Crippen molar-refractivity contribution in [3.05, 3.63) is 85.2 Å². The van der Waals surface area contributed by atoms with Crippen LogP contribution < -0.4 is 5.32 Å². The molecule has 0 bridgehead atoms. The molecule has 0 radical (unpaired) electrons. The predicted molar refractivity (Wildman–Crippen MR) is 137 cm³/mol. The van der Waals surface area contributed by atoms with E-state index in [1.165, 1.54) is 6.07 Å². The van der Waals surface area contributed by atoms with E-state index in [9.17, 15) is 13.2 Å². The van der Waals surface area contributed by atoms with Gasteiger partial charge in [-0.1, -0.05) is 18.7 Å². The summed E-state index contributed by atoms with van der Waals surface area (Å²) in [5, 5.41) is 10.6. The second kappa shape index (κ2) is 8.51. The number of nitrogens with zero attached hydrogens (tertiary/aromatic N) is 5. The Labute approximate surface area is 210 Å². The maximum atomic E-state index is 14.7. The Bertz CT molecular complexity index is 1630. The van der Waals surface area contributed by atoms with Crippen LogP contribution in [0.1, 0.15) is 5.69 Å². The summed E-state index contributed by atoms with van der Waals surface area (Å²) in [5.41, 5.74) is 4.69. The number of likely N-dealkylation sites (tertiary alicyclic amines) is 1. The highest BCUT2D eigenvalue weighted by Gasteiger charge is 2.44. The second-order valence-electron chi connectivity index (χ2n) is 9.09. The average Bonchev–Trinajstić information content (AvgIpc) is 3.51. The Hall–Kier alpha value is -4.60. The fourth-order valence-electron chi connectivity index (χ4n) is 4.55. The Kier molecular flexibility index (Phi) is 5.25. The van der Waals surface area contributed by atoms with Crippen molar-refractivity contribution >= 4 is 28.1 Å². The number of aromatic nitrogens is 5. The number of rotatable bonds is 6. The van der Waals surface area contributed by atoms with Gasteiger partial charge in [0.15, 0.2) is 5.82 Å². The lowest BCUT2D eigenvalue weighted by molar-refractivity contribution is -0.105. The number of aryl methyl sites for hydroxylation is 1. The highest BCUT2D eigenvalue weighted by molar-refractivity contribution is 5.88. The monoisotopic (exact) mass is 501 g/mol. The van der Waals surface area contributed by atoms with Crippen molar-refractivity contribution in [1.82, 2.24) is 29.6 Å². The quantitative estimate of drug-likeness (QED) is 0.306. The van der Waals surface area contributed by atoms with Crippen LogP contribution in [0.2, 0.25) is 0 Å². The van der Waals surface area contributed by atoms with Gasteiger partial charge in [0, 0.05) is 52.7 Å². The summed E-state index contributed by atoms with van der Waals surface area (Å²) in [5.74, 6) is -2.04. The van der Waals surface area contributed by atoms with Crippen LogP contribution in [0.3, 0.4) is 0 Å². The van der Waals surface area contributed by atoms with Gasteiger partial charge in [-0.15, -0.1) is 0 Å². The van der Waals surface area contributed by atoms with Gasteiger partial charge in [-0.2, -0.15) is 5.10 Å². The number of aromatic amines is 1. The molecule has 0 unspecified atom stereocenters. The molecule has 3 aromatic heterocycles. The zero-order valence-corrected chi connectivity index (χ0v) is 19.8. The van der Waals surface area contributed by atoms with Gasteiger partial charge >= 0.3 is 0 Å². The van der Waals surface area contributed by atoms with Crippen molar-refractivity contribution in [2.75, 3.05) is 18.4 Å². The Morgan fingerprint density at radius 1 is 1.08 bits per heavy atom. The number of benzene rings is 2. The molecule has 5 aromatic rings. The number of halogens is 3. The molecule has 1 saturated heterocycles. The van der Waals surface area contributed by atoms with Gasteiger partial charge in [0.1, 0.15) is 11.6 Å². The van der Waals surface area contributed by atoms with Gasteiger partial charge in [0.2, 0.25) is 0 Å². The lowest BCUT2D eigenvalue weighted by atomic mass is 10.1. The maximum Gasteiger partial charge on any atom is 0.282 e. The highest BCUT2D eigenvalue weighted by Crippen LogP contribution is 2.35. The van der Waals surface area contributed by atoms with E-state index in [4.69, 9.17) is 0 Å². The molecule has 186 valence electrons. The summed E-state index contributed by atoms with van der Waals surface area (Å²) in [6.45, 7) is 3.40. The number of fused-ring (bicyclic) bond motifs is 1. The first-order valence-electron chi connectivity index (χ1n) is 11.6. The largest absolute Gasteiger partial charge is 0.358 e. The Morgan fingerprint density at radius 2 is 1.92 bits per heavy atom. The molecule has 0 atom stereocenters. The molecule has 2 aromatic carbocycles. The molecule has 37 heavy (non-hydrogen) atoms. The van der Waals surface area contributed by atoms with E-state index < -0.39 is 5.92 Å². The zero-order chi connectivity index (χ0) is 25.7. The summed E-state index contributed by atoms with van der Waals surface area (Å²) < 4.78 is 43.3. The number of anilines is 2. The van der Waals surface area contributed by atoms with Crippen molar-refractivity contribution in [1.29, 1.82) is 0 Å². The van der Waals surface area contributed by atoms with Crippen LogP contribution in [0, 0.1) is 5.82 Å². The number of nitrogens with one attached hydrogen (secondary N) is 2. The van der Waals surface area contributed by atoms with Crippen molar-refractivity contribution in [3.63, 3.8) is 0 Å². The number of alkyl halides is 2. The molecule has 10 heteroatoms. The Morgan fingerprint density at radius 3 is 2.65 bits per heavy atom. The van der Waals surface area contributed by atoms with Gasteiger partial charge in [-0.05, 0) is 36.4 Å². The molecule has 0 amide bonds. The molecule has 4 heterocycles. The van der Waals surface area contributed by atoms with Gasteiger partial charge in [-0.25, -0.2) is 23.1 Å². The number of hydrogen-bond donors (Lipinski definition) is 2. The van der Waals surface area contributed by atoms with Gasteiger partial charge in [0.05, 0.1) is 30.7 Å². The van der Waals surface area contributed by atoms with E-state index in [0.717, 1.165) is 22.2 Å². The molecule has 2 N–H and O–H groups in total. The third-order valence-corrected chi connectivity index (χ3v) is 6.53. The first kappa shape index (κ1) is 22.8. The maximum absolute atomic E-state index is 14.7. The highest BCUT2D eigenvalue weighted by atomic mass is 19.3. The van der Waals surface area contributed by atoms with E-state index in [1.54, 1.807) is 41.7 Å². The normalized spacial score (nSPS) is 14.5. The third kappa shape index (κ3) is 4.20. The predicted octanol–water partition coefficient (Wildman–Crippen LogP) is 5.83. The van der Waals surface area contributed by atoms with Crippen molar-refractivity contribution in [3.8, 4) is 22.5 Å². The van der Waals surface area contributed by atoms with Crippen LogP contribution in [0.25, 0.3) is 39.1 Å². The smallest absolute Gasteiger partial charge is 0.282 e. The topological polar surface area (TPSA) is 74.7 Å². The van der Waals surface area contributed by atoms with E-state index in [1.807, 2.05) is 35.9 Å². The summed E-state index contributed by atoms with van der Waals surface area (Å²) in [7, 11) is 1.88. The number of hydrogen-bond acceptors (Lipinski definition) is 5. The fourth-order valence-corrected chi connectivity index (χ4v) is 4.55. The van der Waals surface area contributed by atoms with Crippen LogP contribution in [-0.2, 0) is 7.05 Å². The van der Waals surface area contributed by atoms with Crippen LogP contribution in [0.4, 0.5) is 24.7 Å². The third-order valence-electron chi connectivity index (χ3n) is 6.53. The molecular weight excluding hydrogens is 479 g/mol. The lowest BCUT2D eigenvalue weighted by Gasteiger charge is -2.41. The van der Waals surface area contributed by atoms with Gasteiger partial charge < -0.3 is 14.8 Å². The molecule has 0 spiro atoms. The molecule has 6 rings (SSSR count). The number of H-pyrrole nitrogens is 1. The minimum atomic E-state index is -2.66. The molecule has 1 aliphatic heterocycles. The molecule has 1 fully saturated rings. The van der Waals surface area contributed by atoms with Gasteiger partial charge in [0.25, 0.3) is 5.92 Å². The van der Waals surface area contributed by atoms with Gasteiger partial charge in [-0.3, -0.25) is 5.10 Å². The minimum absolute atomic E-state index is 0.317. The van der Waals surface area contributed by atoms with E-state index in [0.29, 0.717) is 34.2 Å². The molecule has 0 aliphatic carbocycles. The van der Waals surface area contributed by atoms with Crippen LogP contribution in [-0.4, -0.2) is 48.6 Å². The van der Waals surface area contributed by atoms with E-state index >= 15 is 0 Å². The van der Waals surface area contributed by atoms with Crippen LogP contribution >= 0.6 is 0 Å². The Balaban J connectivity index is 1.25. The summed E-state index contributed by atoms with van der Waals surface area (Å²) in [6.07, 6.45) is 4.83. The van der Waals surface area contributed by atoms with Crippen molar-refractivity contribution < 1.29 is 13.2 Å². The van der Waals surface area contributed by atoms with Crippen LogP contribution in [0.15, 0.2) is 73.7 Å². The fraction of sp³-hybridized carbons (Fsp3) is 0.148. The molecular formula is C27H22F3N7. The first-order valence-corrected chi connectivity index (χ1v) is 11.6. The van der Waals surface area contributed by atoms with E-state index in [2.05, 4.69) is 32.1 Å². The minimum Gasteiger partial charge on any atom is -0.358 e. The first-order chi connectivity index (χ1) is 17.8. The van der Waals surface area contributed by atoms with Crippen LogP contribution in [0.5, 0.6) is 0 Å². The lowest BCUT2D eigenvalue weighted by Crippen LogP contribution is -2.54. The molecule has 1 aliphatic rings. The standard InChI is InChI=1S/C27H22F3N7/c1-16(37-14-27(29,30)15-37)23-9-17-3-4-18(10-24(17)36(23)2)26-31-8-7-25(35-26)34-20-5-6-21(22(28)11-20)19-12-32-33-13-19/h3-13H,1,14-15H2,2H3,(H,32,33)(H,31,34,35). The van der Waals surface area contributed by atoms with Crippen molar-refractivity contribution in [2.45, 2.75) is 5.92 Å². The zero-order valence-electron chi connectivity index (χ0n) is 19.8.